The monoisotopic (exact) mass is 457 g/mol. The Morgan fingerprint density at radius 3 is 1.79 bits per heavy atom. The fraction of sp³-hybridized carbons (Fsp3) is 0.957. The zero-order valence-electron chi connectivity index (χ0n) is 17.5. The minimum atomic E-state index is -1.23. The van der Waals surface area contributed by atoms with Crippen LogP contribution >= 0.6 is 0 Å². The highest BCUT2D eigenvalue weighted by atomic mass is 79.9. The van der Waals surface area contributed by atoms with E-state index >= 15 is 0 Å². The normalized spacial score (nSPS) is 29.4. The lowest BCUT2D eigenvalue weighted by molar-refractivity contribution is -0.922. The topological polar surface area (TPSA) is 46.5 Å². The van der Waals surface area contributed by atoms with Crippen molar-refractivity contribution in [1.29, 1.82) is 0 Å². The van der Waals surface area contributed by atoms with Gasteiger partial charge >= 0.3 is 5.97 Å². The van der Waals surface area contributed by atoms with Crippen LogP contribution < -0.4 is 17.0 Å². The molecule has 2 aliphatic heterocycles. The summed E-state index contributed by atoms with van der Waals surface area (Å²) in [5.74, 6) is -0.0360. The van der Waals surface area contributed by atoms with Crippen molar-refractivity contribution in [2.45, 2.75) is 102 Å². The SMILES string of the molecule is O=C(OC1CC[N+]2(CCCCC2)C1)C(O)(C1CCCCC1)C1CCCCC1.[Br-]. The van der Waals surface area contributed by atoms with Gasteiger partial charge in [-0.2, -0.15) is 0 Å². The maximum atomic E-state index is 13.4. The van der Waals surface area contributed by atoms with E-state index in [2.05, 4.69) is 0 Å². The molecule has 2 heterocycles. The van der Waals surface area contributed by atoms with Crippen LogP contribution in [0.2, 0.25) is 0 Å². The maximum Gasteiger partial charge on any atom is 0.339 e. The molecule has 2 saturated carbocycles. The Morgan fingerprint density at radius 2 is 1.25 bits per heavy atom. The first-order chi connectivity index (χ1) is 13.1. The van der Waals surface area contributed by atoms with Crippen LogP contribution in [0.15, 0.2) is 0 Å². The van der Waals surface area contributed by atoms with Gasteiger partial charge in [-0.3, -0.25) is 0 Å². The highest BCUT2D eigenvalue weighted by Crippen LogP contribution is 2.44. The highest BCUT2D eigenvalue weighted by Gasteiger charge is 2.53. The van der Waals surface area contributed by atoms with E-state index in [0.29, 0.717) is 0 Å². The van der Waals surface area contributed by atoms with Gasteiger partial charge in [0.1, 0.15) is 6.54 Å². The molecular weight excluding hydrogens is 418 g/mol. The molecule has 2 aliphatic carbocycles. The van der Waals surface area contributed by atoms with E-state index in [1.54, 1.807) is 0 Å². The second kappa shape index (κ2) is 9.78. The molecule has 1 spiro atoms. The summed E-state index contributed by atoms with van der Waals surface area (Å²) in [4.78, 5) is 13.4. The molecule has 1 atom stereocenters. The first-order valence-electron chi connectivity index (χ1n) is 11.9. The predicted molar refractivity (Wildman–Crippen MR) is 106 cm³/mol. The zero-order chi connectivity index (χ0) is 18.7. The molecule has 4 nitrogen and oxygen atoms in total. The lowest BCUT2D eigenvalue weighted by atomic mass is 9.66. The molecule has 0 bridgehead atoms. The molecule has 0 aromatic rings. The van der Waals surface area contributed by atoms with Gasteiger partial charge in [0.15, 0.2) is 11.7 Å². The number of aliphatic hydroxyl groups is 1. The quantitative estimate of drug-likeness (QED) is 0.509. The Hall–Kier alpha value is -0.130. The third-order valence-electron chi connectivity index (χ3n) is 8.34. The number of carbonyl (C=O) groups is 1. The standard InChI is InChI=1S/C23H40NO3.BrH/c25-22(27-21-14-17-24(18-21)15-8-3-9-16-24)23(26,19-10-4-1-5-11-19)20-12-6-2-7-13-20;/h19-21,26H,1-18H2;1H/q+1;/p-1. The molecule has 2 saturated heterocycles. The largest absolute Gasteiger partial charge is 1.00 e. The van der Waals surface area contributed by atoms with Gasteiger partial charge in [0.2, 0.25) is 0 Å². The Morgan fingerprint density at radius 1 is 0.750 bits per heavy atom. The number of piperidine rings is 1. The smallest absolute Gasteiger partial charge is 0.339 e. The van der Waals surface area contributed by atoms with Crippen molar-refractivity contribution in [3.63, 3.8) is 0 Å². The fourth-order valence-electron chi connectivity index (χ4n) is 6.72. The molecule has 0 radical (unpaired) electrons. The summed E-state index contributed by atoms with van der Waals surface area (Å²) in [5, 5.41) is 11.8. The number of hydrogen-bond acceptors (Lipinski definition) is 3. The van der Waals surface area contributed by atoms with Crippen LogP contribution in [-0.4, -0.2) is 53.4 Å². The molecule has 162 valence electrons. The highest BCUT2D eigenvalue weighted by molar-refractivity contribution is 5.80. The van der Waals surface area contributed by atoms with Crippen molar-refractivity contribution in [1.82, 2.24) is 0 Å². The van der Waals surface area contributed by atoms with Gasteiger partial charge in [-0.05, 0) is 56.8 Å². The van der Waals surface area contributed by atoms with Crippen molar-refractivity contribution < 1.29 is 36.1 Å². The van der Waals surface area contributed by atoms with Crippen molar-refractivity contribution in [3.05, 3.63) is 0 Å². The third kappa shape index (κ3) is 4.62. The molecule has 0 amide bonds. The van der Waals surface area contributed by atoms with Gasteiger partial charge in [0.25, 0.3) is 0 Å². The van der Waals surface area contributed by atoms with Gasteiger partial charge < -0.3 is 31.3 Å². The summed E-state index contributed by atoms with van der Waals surface area (Å²) in [6, 6.07) is 0. The first-order valence-corrected chi connectivity index (χ1v) is 11.9. The van der Waals surface area contributed by atoms with Crippen LogP contribution in [0, 0.1) is 11.8 Å². The van der Waals surface area contributed by atoms with E-state index in [9.17, 15) is 9.90 Å². The molecule has 4 fully saturated rings. The Labute approximate surface area is 181 Å². The van der Waals surface area contributed by atoms with Crippen molar-refractivity contribution >= 4 is 5.97 Å². The van der Waals surface area contributed by atoms with E-state index in [0.717, 1.165) is 75.4 Å². The Kier molecular flexibility index (Phi) is 7.88. The number of ether oxygens (including phenoxy) is 1. The van der Waals surface area contributed by atoms with Crippen LogP contribution in [0.1, 0.15) is 89.9 Å². The number of rotatable bonds is 4. The van der Waals surface area contributed by atoms with Crippen molar-refractivity contribution in [2.75, 3.05) is 26.2 Å². The molecule has 4 aliphatic rings. The van der Waals surface area contributed by atoms with E-state index < -0.39 is 5.60 Å². The van der Waals surface area contributed by atoms with Gasteiger partial charge in [0, 0.05) is 6.42 Å². The summed E-state index contributed by atoms with van der Waals surface area (Å²) in [6.45, 7) is 4.65. The summed E-state index contributed by atoms with van der Waals surface area (Å²) < 4.78 is 7.26. The number of hydrogen-bond donors (Lipinski definition) is 1. The van der Waals surface area contributed by atoms with Crippen LogP contribution in [0.5, 0.6) is 0 Å². The Balaban J connectivity index is 0.00000225. The van der Waals surface area contributed by atoms with Gasteiger partial charge in [-0.25, -0.2) is 4.79 Å². The molecular formula is C23H40BrNO3. The summed E-state index contributed by atoms with van der Waals surface area (Å²) in [5.41, 5.74) is -1.23. The average Bonchev–Trinajstić information content (AvgIpc) is 3.10. The van der Waals surface area contributed by atoms with E-state index in [1.165, 1.54) is 45.2 Å². The predicted octanol–water partition coefficient (Wildman–Crippen LogP) is 1.20. The lowest BCUT2D eigenvalue weighted by Crippen LogP contribution is -3.00. The van der Waals surface area contributed by atoms with Crippen LogP contribution in [0.4, 0.5) is 0 Å². The van der Waals surface area contributed by atoms with Crippen molar-refractivity contribution in [3.8, 4) is 0 Å². The number of nitrogens with zero attached hydrogens (tertiary/aromatic N) is 1. The number of esters is 1. The molecule has 4 rings (SSSR count). The second-order valence-corrected chi connectivity index (χ2v) is 10.1. The number of carbonyl (C=O) groups excluding carboxylic acids is 1. The summed E-state index contributed by atoms with van der Waals surface area (Å²) in [7, 11) is 0. The summed E-state index contributed by atoms with van der Waals surface area (Å²) in [6.07, 6.45) is 16.0. The van der Waals surface area contributed by atoms with Gasteiger partial charge in [0.05, 0.1) is 19.6 Å². The second-order valence-electron chi connectivity index (χ2n) is 10.1. The molecule has 0 aromatic heterocycles. The maximum absolute atomic E-state index is 13.4. The first kappa shape index (κ1) is 22.6. The Bertz CT molecular complexity index is 490. The average molecular weight is 458 g/mol. The molecule has 28 heavy (non-hydrogen) atoms. The lowest BCUT2D eigenvalue weighted by Gasteiger charge is -2.43. The van der Waals surface area contributed by atoms with E-state index in [4.69, 9.17) is 4.74 Å². The van der Waals surface area contributed by atoms with E-state index in [-0.39, 0.29) is 40.9 Å². The number of quaternary nitrogens is 1. The minimum absolute atomic E-state index is 0. The van der Waals surface area contributed by atoms with Crippen molar-refractivity contribution in [2.24, 2.45) is 11.8 Å². The fourth-order valence-corrected chi connectivity index (χ4v) is 6.72. The van der Waals surface area contributed by atoms with E-state index in [1.807, 2.05) is 0 Å². The summed E-state index contributed by atoms with van der Waals surface area (Å²) >= 11 is 0. The zero-order valence-corrected chi connectivity index (χ0v) is 19.1. The molecule has 1 N–H and O–H groups in total. The van der Waals surface area contributed by atoms with Gasteiger partial charge in [-0.15, -0.1) is 0 Å². The number of halogens is 1. The third-order valence-corrected chi connectivity index (χ3v) is 8.34. The minimum Gasteiger partial charge on any atom is -1.00 e. The van der Waals surface area contributed by atoms with Crippen LogP contribution in [-0.2, 0) is 9.53 Å². The molecule has 5 heteroatoms. The van der Waals surface area contributed by atoms with Crippen LogP contribution in [0.25, 0.3) is 0 Å². The molecule has 1 unspecified atom stereocenters. The van der Waals surface area contributed by atoms with Crippen LogP contribution in [0.3, 0.4) is 0 Å². The molecule has 0 aromatic carbocycles. The van der Waals surface area contributed by atoms with Gasteiger partial charge in [-0.1, -0.05) is 38.5 Å².